The van der Waals surface area contributed by atoms with Crippen molar-refractivity contribution in [2.75, 3.05) is 17.1 Å². The van der Waals surface area contributed by atoms with Crippen LogP contribution < -0.4 is 10.5 Å². The van der Waals surface area contributed by atoms with E-state index in [-0.39, 0.29) is 30.6 Å². The van der Waals surface area contributed by atoms with Gasteiger partial charge in [-0.15, -0.1) is 0 Å². The molecule has 2 aromatic carbocycles. The number of rotatable bonds is 8. The highest BCUT2D eigenvalue weighted by Crippen LogP contribution is 2.28. The van der Waals surface area contributed by atoms with Crippen LogP contribution >= 0.6 is 0 Å². The molecule has 0 radical (unpaired) electrons. The molecule has 0 spiro atoms. The molecule has 1 aliphatic heterocycles. The number of hydrogen-bond donors (Lipinski definition) is 3. The number of ether oxygens (including phenoxy) is 1. The van der Waals surface area contributed by atoms with Gasteiger partial charge in [-0.1, -0.05) is 24.3 Å². The molecule has 1 saturated heterocycles. The van der Waals surface area contributed by atoms with Crippen LogP contribution in [0.1, 0.15) is 34.6 Å². The van der Waals surface area contributed by atoms with E-state index in [0.717, 1.165) is 29.2 Å². The Balaban J connectivity index is 1.57. The van der Waals surface area contributed by atoms with Crippen LogP contribution in [0, 0.1) is 0 Å². The lowest BCUT2D eigenvalue weighted by Gasteiger charge is -2.16. The van der Waals surface area contributed by atoms with E-state index in [1.807, 2.05) is 24.3 Å². The largest absolute Gasteiger partial charge is 0.477 e. The summed E-state index contributed by atoms with van der Waals surface area (Å²) in [5.74, 6) is -1.18. The number of fused-ring (bicyclic) bond motifs is 2. The molecule has 1 fully saturated rings. The maximum absolute atomic E-state index is 12.8. The molecule has 35 heavy (non-hydrogen) atoms. The fourth-order valence-corrected chi connectivity index (χ4v) is 5.92. The van der Waals surface area contributed by atoms with Crippen molar-refractivity contribution in [3.8, 4) is 0 Å². The van der Waals surface area contributed by atoms with Gasteiger partial charge in [0.2, 0.25) is 10.0 Å². The molecule has 1 aliphatic rings. The predicted octanol–water partition coefficient (Wildman–Crippen LogP) is 3.32. The number of benzene rings is 2. The zero-order valence-electron chi connectivity index (χ0n) is 19.0. The average Bonchev–Trinajstić information content (AvgIpc) is 3.46. The SMILES string of the molecule is NCc1ccc2cc(C(=O)O)n(Cc3cc(NS(=O)(=O)CC4CCCO4)cc4ccccc34)c2n1. The molecule has 3 heterocycles. The van der Waals surface area contributed by atoms with Gasteiger partial charge >= 0.3 is 5.97 Å². The second kappa shape index (κ2) is 9.29. The quantitative estimate of drug-likeness (QED) is 0.342. The lowest BCUT2D eigenvalue weighted by Crippen LogP contribution is -2.25. The highest BCUT2D eigenvalue weighted by atomic mass is 32.2. The molecule has 5 rings (SSSR count). The number of carbonyl (C=O) groups is 1. The summed E-state index contributed by atoms with van der Waals surface area (Å²) in [6, 6.07) is 16.3. The number of nitrogens with two attached hydrogens (primary N) is 1. The first-order chi connectivity index (χ1) is 16.8. The third-order valence-corrected chi connectivity index (χ3v) is 7.57. The van der Waals surface area contributed by atoms with Crippen molar-refractivity contribution in [2.24, 2.45) is 5.73 Å². The molecule has 182 valence electrons. The monoisotopic (exact) mass is 494 g/mol. The number of nitrogens with one attached hydrogen (secondary N) is 1. The first-order valence-corrected chi connectivity index (χ1v) is 13.0. The van der Waals surface area contributed by atoms with Crippen LogP contribution in [0.5, 0.6) is 0 Å². The molecule has 0 amide bonds. The summed E-state index contributed by atoms with van der Waals surface area (Å²) in [7, 11) is -3.63. The fourth-order valence-electron chi connectivity index (χ4n) is 4.61. The topological polar surface area (TPSA) is 137 Å². The van der Waals surface area contributed by atoms with Crippen molar-refractivity contribution in [3.05, 3.63) is 71.5 Å². The maximum atomic E-state index is 12.8. The Morgan fingerprint density at radius 2 is 2.00 bits per heavy atom. The number of anilines is 1. The lowest BCUT2D eigenvalue weighted by atomic mass is 10.0. The summed E-state index contributed by atoms with van der Waals surface area (Å²) in [4.78, 5) is 16.6. The van der Waals surface area contributed by atoms with Crippen molar-refractivity contribution < 1.29 is 23.1 Å². The van der Waals surface area contributed by atoms with Gasteiger partial charge in [0.1, 0.15) is 11.3 Å². The summed E-state index contributed by atoms with van der Waals surface area (Å²) in [5, 5.41) is 12.3. The Labute approximate surface area is 202 Å². The number of aromatic nitrogens is 2. The summed E-state index contributed by atoms with van der Waals surface area (Å²) in [5.41, 5.74) is 8.19. The molecule has 0 saturated carbocycles. The molecule has 1 unspecified atom stereocenters. The number of carboxylic acids is 1. The standard InChI is InChI=1S/C25H26N4O5S/c26-13-19-8-7-17-12-23(25(30)31)29(24(17)27-19)14-18-11-20(10-16-4-1-2-6-22(16)18)28-35(32,33)15-21-5-3-9-34-21/h1-2,4,6-8,10-12,21,28H,3,5,9,13-15,26H2,(H,30,31). The summed E-state index contributed by atoms with van der Waals surface area (Å²) >= 11 is 0. The van der Waals surface area contributed by atoms with Gasteiger partial charge in [-0.3, -0.25) is 4.72 Å². The number of aromatic carboxylic acids is 1. The highest BCUT2D eigenvalue weighted by Gasteiger charge is 2.24. The third-order valence-electron chi connectivity index (χ3n) is 6.21. The molecule has 2 aromatic heterocycles. The van der Waals surface area contributed by atoms with Crippen molar-refractivity contribution in [2.45, 2.75) is 32.0 Å². The van der Waals surface area contributed by atoms with Gasteiger partial charge in [0.25, 0.3) is 0 Å². The van der Waals surface area contributed by atoms with Gasteiger partial charge < -0.3 is 20.1 Å². The number of sulfonamides is 1. The second-order valence-corrected chi connectivity index (χ2v) is 10.5. The Hall–Kier alpha value is -3.47. The fraction of sp³-hybridized carbons (Fsp3) is 0.280. The zero-order chi connectivity index (χ0) is 24.6. The van der Waals surface area contributed by atoms with E-state index in [1.54, 1.807) is 34.9 Å². The molecule has 0 bridgehead atoms. The smallest absolute Gasteiger partial charge is 0.352 e. The van der Waals surface area contributed by atoms with Gasteiger partial charge in [-0.05, 0) is 59.5 Å². The Morgan fingerprint density at radius 1 is 1.17 bits per heavy atom. The van der Waals surface area contributed by atoms with E-state index >= 15 is 0 Å². The average molecular weight is 495 g/mol. The van der Waals surface area contributed by atoms with E-state index in [0.29, 0.717) is 29.0 Å². The molecule has 9 nitrogen and oxygen atoms in total. The van der Waals surface area contributed by atoms with E-state index in [2.05, 4.69) is 9.71 Å². The third kappa shape index (κ3) is 4.86. The highest BCUT2D eigenvalue weighted by molar-refractivity contribution is 7.92. The van der Waals surface area contributed by atoms with Crippen LogP contribution in [0.15, 0.2) is 54.6 Å². The van der Waals surface area contributed by atoms with Gasteiger partial charge in [-0.2, -0.15) is 0 Å². The normalized spacial score (nSPS) is 16.2. The van der Waals surface area contributed by atoms with Crippen LogP contribution in [0.3, 0.4) is 0 Å². The van der Waals surface area contributed by atoms with Gasteiger partial charge in [-0.25, -0.2) is 18.2 Å². The summed E-state index contributed by atoms with van der Waals surface area (Å²) in [6.45, 7) is 0.999. The number of pyridine rings is 1. The Kier molecular flexibility index (Phi) is 6.18. The number of hydrogen-bond acceptors (Lipinski definition) is 6. The van der Waals surface area contributed by atoms with Crippen molar-refractivity contribution >= 4 is 43.5 Å². The first-order valence-electron chi connectivity index (χ1n) is 11.4. The van der Waals surface area contributed by atoms with Gasteiger partial charge in [0.05, 0.1) is 24.1 Å². The molecule has 0 aliphatic carbocycles. The number of carboxylic acid groups (broad SMARTS) is 1. The Morgan fingerprint density at radius 3 is 2.74 bits per heavy atom. The minimum atomic E-state index is -3.63. The van der Waals surface area contributed by atoms with Crippen molar-refractivity contribution in [3.63, 3.8) is 0 Å². The van der Waals surface area contributed by atoms with E-state index in [1.165, 1.54) is 0 Å². The second-order valence-electron chi connectivity index (χ2n) is 8.72. The van der Waals surface area contributed by atoms with Crippen LogP contribution in [-0.4, -0.2) is 47.5 Å². The molecule has 4 aromatic rings. The first kappa shape index (κ1) is 23.3. The molecule has 1 atom stereocenters. The molecular formula is C25H26N4O5S. The summed E-state index contributed by atoms with van der Waals surface area (Å²) in [6.07, 6.45) is 1.27. The minimum Gasteiger partial charge on any atom is -0.477 e. The van der Waals surface area contributed by atoms with Crippen LogP contribution in [0.4, 0.5) is 5.69 Å². The molecular weight excluding hydrogens is 468 g/mol. The zero-order valence-corrected chi connectivity index (χ0v) is 19.8. The Bertz CT molecular complexity index is 1520. The van der Waals surface area contributed by atoms with Gasteiger partial charge in [0, 0.05) is 24.2 Å². The number of nitrogens with zero attached hydrogens (tertiary/aromatic N) is 2. The van der Waals surface area contributed by atoms with Crippen LogP contribution in [0.25, 0.3) is 21.8 Å². The summed E-state index contributed by atoms with van der Waals surface area (Å²) < 4.78 is 35.4. The van der Waals surface area contributed by atoms with Gasteiger partial charge in [0.15, 0.2) is 0 Å². The van der Waals surface area contributed by atoms with Crippen LogP contribution in [0.2, 0.25) is 0 Å². The van der Waals surface area contributed by atoms with Crippen LogP contribution in [-0.2, 0) is 27.8 Å². The van der Waals surface area contributed by atoms with E-state index in [4.69, 9.17) is 10.5 Å². The lowest BCUT2D eigenvalue weighted by molar-refractivity contribution is 0.0686. The predicted molar refractivity (Wildman–Crippen MR) is 134 cm³/mol. The van der Waals surface area contributed by atoms with Crippen molar-refractivity contribution in [1.29, 1.82) is 0 Å². The minimum absolute atomic E-state index is 0.0927. The molecule has 4 N–H and O–H groups in total. The van der Waals surface area contributed by atoms with E-state index in [9.17, 15) is 18.3 Å². The van der Waals surface area contributed by atoms with Crippen molar-refractivity contribution in [1.82, 2.24) is 9.55 Å². The maximum Gasteiger partial charge on any atom is 0.352 e. The van der Waals surface area contributed by atoms with E-state index < -0.39 is 16.0 Å². The molecule has 10 heteroatoms.